The highest BCUT2D eigenvalue weighted by Gasteiger charge is 2.30. The Morgan fingerprint density at radius 1 is 0.879 bits per heavy atom. The Labute approximate surface area is 191 Å². The van der Waals surface area contributed by atoms with Gasteiger partial charge < -0.3 is 4.42 Å². The second-order valence-corrected chi connectivity index (χ2v) is 9.74. The Bertz CT molecular complexity index is 1390. The third-order valence-corrected chi connectivity index (χ3v) is 7.25. The lowest BCUT2D eigenvalue weighted by molar-refractivity contribution is 0.455. The minimum atomic E-state index is -4.01. The van der Waals surface area contributed by atoms with Crippen LogP contribution in [0.5, 0.6) is 0 Å². The maximum Gasteiger partial charge on any atom is 0.247 e. The fourth-order valence-electron chi connectivity index (χ4n) is 4.10. The molecule has 8 heteroatoms. The van der Waals surface area contributed by atoms with Gasteiger partial charge in [0.1, 0.15) is 11.9 Å². The molecule has 1 aromatic heterocycles. The zero-order valence-electron chi connectivity index (χ0n) is 17.7. The average Bonchev–Trinajstić information content (AvgIpc) is 3.33. The van der Waals surface area contributed by atoms with Gasteiger partial charge in [-0.25, -0.2) is 12.8 Å². The van der Waals surface area contributed by atoms with Gasteiger partial charge in [0.2, 0.25) is 21.8 Å². The van der Waals surface area contributed by atoms with Crippen LogP contribution in [0.3, 0.4) is 0 Å². The van der Waals surface area contributed by atoms with E-state index < -0.39 is 21.9 Å². The quantitative estimate of drug-likeness (QED) is 0.443. The van der Waals surface area contributed by atoms with E-state index in [0.717, 1.165) is 31.2 Å². The molecule has 0 unspecified atom stereocenters. The van der Waals surface area contributed by atoms with Gasteiger partial charge in [0.05, 0.1) is 4.90 Å². The summed E-state index contributed by atoms with van der Waals surface area (Å²) in [7, 11) is -4.01. The number of hydrogen-bond donors (Lipinski definition) is 1. The molecule has 1 heterocycles. The molecule has 3 aromatic carbocycles. The Kier molecular flexibility index (Phi) is 5.78. The summed E-state index contributed by atoms with van der Waals surface area (Å²) in [5.41, 5.74) is 2.99. The SMILES string of the molecule is O=S(=O)(N[C@@H](c1nnc(-c2ccccc2)o1)c1ccccc1F)c1ccc2c(c1)CCCC2. The predicted octanol–water partition coefficient (Wildman–Crippen LogP) is 4.82. The fraction of sp³-hybridized carbons (Fsp3) is 0.200. The van der Waals surface area contributed by atoms with Gasteiger partial charge in [0.25, 0.3) is 0 Å². The number of nitrogens with one attached hydrogen (secondary N) is 1. The fourth-order valence-corrected chi connectivity index (χ4v) is 5.32. The zero-order valence-corrected chi connectivity index (χ0v) is 18.6. The normalized spacial score (nSPS) is 14.6. The predicted molar refractivity (Wildman–Crippen MR) is 121 cm³/mol. The first-order chi connectivity index (χ1) is 16.0. The lowest BCUT2D eigenvalue weighted by Gasteiger charge is -2.19. The van der Waals surface area contributed by atoms with Gasteiger partial charge >= 0.3 is 0 Å². The lowest BCUT2D eigenvalue weighted by Crippen LogP contribution is -2.30. The molecular formula is C25H22FN3O3S. The van der Waals surface area contributed by atoms with Crippen LogP contribution in [0.15, 0.2) is 82.1 Å². The van der Waals surface area contributed by atoms with E-state index in [1.54, 1.807) is 30.3 Å². The standard InChI is InChI=1S/C25H22FN3O3S/c26-22-13-7-6-12-21(22)23(25-28-27-24(32-25)18-9-2-1-3-10-18)29-33(30,31)20-15-14-17-8-4-5-11-19(17)16-20/h1-3,6-7,9-10,12-16,23,29H,4-5,8,11H2/t23-/m1/s1. The molecule has 0 saturated heterocycles. The zero-order chi connectivity index (χ0) is 22.8. The summed E-state index contributed by atoms with van der Waals surface area (Å²) in [6.45, 7) is 0. The number of rotatable bonds is 6. The molecule has 0 aliphatic heterocycles. The number of sulfonamides is 1. The second-order valence-electron chi connectivity index (χ2n) is 8.02. The van der Waals surface area contributed by atoms with Crippen LogP contribution >= 0.6 is 0 Å². The van der Waals surface area contributed by atoms with Crippen LogP contribution in [0, 0.1) is 5.82 Å². The summed E-state index contributed by atoms with van der Waals surface area (Å²) in [5, 5.41) is 8.10. The van der Waals surface area contributed by atoms with E-state index in [1.807, 2.05) is 24.3 Å². The summed E-state index contributed by atoms with van der Waals surface area (Å²) in [5.74, 6) is -0.393. The highest BCUT2D eigenvalue weighted by molar-refractivity contribution is 7.89. The van der Waals surface area contributed by atoms with Crippen LogP contribution in [0.1, 0.15) is 41.5 Å². The minimum absolute atomic E-state index is 0.0412. The molecule has 0 saturated carbocycles. The van der Waals surface area contributed by atoms with Crippen LogP contribution < -0.4 is 4.72 Å². The number of aromatic nitrogens is 2. The van der Waals surface area contributed by atoms with Gasteiger partial charge in [-0.2, -0.15) is 4.72 Å². The van der Waals surface area contributed by atoms with Crippen LogP contribution in [0.25, 0.3) is 11.5 Å². The van der Waals surface area contributed by atoms with Crippen LogP contribution in [0.2, 0.25) is 0 Å². The first-order valence-electron chi connectivity index (χ1n) is 10.8. The van der Waals surface area contributed by atoms with Crippen molar-refractivity contribution in [2.45, 2.75) is 36.6 Å². The molecule has 168 valence electrons. The largest absolute Gasteiger partial charge is 0.419 e. The second kappa shape index (κ2) is 8.88. The van der Waals surface area contributed by atoms with Crippen LogP contribution in [0.4, 0.5) is 4.39 Å². The minimum Gasteiger partial charge on any atom is -0.419 e. The molecule has 0 fully saturated rings. The van der Waals surface area contributed by atoms with E-state index in [-0.39, 0.29) is 22.2 Å². The molecule has 0 bridgehead atoms. The van der Waals surface area contributed by atoms with Gasteiger partial charge in [-0.3, -0.25) is 0 Å². The van der Waals surface area contributed by atoms with Gasteiger partial charge in [-0.15, -0.1) is 10.2 Å². The monoisotopic (exact) mass is 463 g/mol. The van der Waals surface area contributed by atoms with Gasteiger partial charge in [0.15, 0.2) is 0 Å². The summed E-state index contributed by atoms with van der Waals surface area (Å²) < 4.78 is 49.8. The number of benzene rings is 3. The number of halogens is 1. The Morgan fingerprint density at radius 3 is 2.39 bits per heavy atom. The summed E-state index contributed by atoms with van der Waals surface area (Å²) in [6, 6.07) is 19.0. The molecule has 1 aliphatic carbocycles. The molecule has 6 nitrogen and oxygen atoms in total. The van der Waals surface area contributed by atoms with Gasteiger partial charge in [-0.05, 0) is 67.1 Å². The number of hydrogen-bond acceptors (Lipinski definition) is 5. The van der Waals surface area contributed by atoms with Crippen molar-refractivity contribution < 1.29 is 17.2 Å². The van der Waals surface area contributed by atoms with Crippen molar-refractivity contribution in [3.63, 3.8) is 0 Å². The van der Waals surface area contributed by atoms with Gasteiger partial charge in [0, 0.05) is 11.1 Å². The Balaban J connectivity index is 1.53. The third-order valence-electron chi connectivity index (χ3n) is 5.83. The van der Waals surface area contributed by atoms with Crippen molar-refractivity contribution in [1.82, 2.24) is 14.9 Å². The first kappa shape index (κ1) is 21.5. The maximum atomic E-state index is 14.7. The third kappa shape index (κ3) is 4.44. The molecule has 1 N–H and O–H groups in total. The van der Waals surface area contributed by atoms with Crippen LogP contribution in [-0.4, -0.2) is 18.6 Å². The Morgan fingerprint density at radius 2 is 1.61 bits per heavy atom. The highest BCUT2D eigenvalue weighted by atomic mass is 32.2. The molecular weight excluding hydrogens is 441 g/mol. The van der Waals surface area contributed by atoms with E-state index in [1.165, 1.54) is 23.8 Å². The van der Waals surface area contributed by atoms with E-state index in [0.29, 0.717) is 5.56 Å². The van der Waals surface area contributed by atoms with Crippen molar-refractivity contribution in [1.29, 1.82) is 0 Å². The molecule has 4 aromatic rings. The summed E-state index contributed by atoms with van der Waals surface area (Å²) in [4.78, 5) is 0.132. The molecule has 5 rings (SSSR count). The summed E-state index contributed by atoms with van der Waals surface area (Å²) in [6.07, 6.45) is 3.93. The topological polar surface area (TPSA) is 85.1 Å². The molecule has 1 atom stereocenters. The Hall–Kier alpha value is -3.36. The molecule has 33 heavy (non-hydrogen) atoms. The smallest absolute Gasteiger partial charge is 0.247 e. The number of aryl methyl sites for hydroxylation is 2. The van der Waals surface area contributed by atoms with Crippen LogP contribution in [-0.2, 0) is 22.9 Å². The van der Waals surface area contributed by atoms with Crippen molar-refractivity contribution in [3.8, 4) is 11.5 Å². The molecule has 0 radical (unpaired) electrons. The van der Waals surface area contributed by atoms with Crippen molar-refractivity contribution in [2.75, 3.05) is 0 Å². The average molecular weight is 464 g/mol. The van der Waals surface area contributed by atoms with Crippen molar-refractivity contribution in [2.24, 2.45) is 0 Å². The highest BCUT2D eigenvalue weighted by Crippen LogP contribution is 2.29. The van der Waals surface area contributed by atoms with Gasteiger partial charge in [-0.1, -0.05) is 42.5 Å². The van der Waals surface area contributed by atoms with E-state index in [9.17, 15) is 12.8 Å². The van der Waals surface area contributed by atoms with E-state index >= 15 is 0 Å². The molecule has 0 amide bonds. The van der Waals surface area contributed by atoms with Crippen molar-refractivity contribution in [3.05, 3.63) is 101 Å². The number of nitrogens with zero attached hydrogens (tertiary/aromatic N) is 2. The lowest BCUT2D eigenvalue weighted by atomic mass is 9.92. The molecule has 0 spiro atoms. The van der Waals surface area contributed by atoms with E-state index in [4.69, 9.17) is 4.42 Å². The van der Waals surface area contributed by atoms with E-state index in [2.05, 4.69) is 14.9 Å². The number of fused-ring (bicyclic) bond motifs is 1. The summed E-state index contributed by atoms with van der Waals surface area (Å²) >= 11 is 0. The first-order valence-corrected chi connectivity index (χ1v) is 12.3. The molecule has 1 aliphatic rings. The van der Waals surface area contributed by atoms with Crippen molar-refractivity contribution >= 4 is 10.0 Å². The maximum absolute atomic E-state index is 14.7.